The number of carbonyl (C=O) groups excluding carboxylic acids is 2. The highest BCUT2D eigenvalue weighted by atomic mass is 32.2. The minimum absolute atomic E-state index is 0.0429. The Morgan fingerprint density at radius 2 is 2.24 bits per heavy atom. The highest BCUT2D eigenvalue weighted by Crippen LogP contribution is 2.45. The monoisotopic (exact) mass is 420 g/mol. The van der Waals surface area contributed by atoms with Gasteiger partial charge in [-0.1, -0.05) is 23.1 Å². The van der Waals surface area contributed by atoms with Crippen LogP contribution < -0.4 is 5.73 Å². The maximum atomic E-state index is 13.0. The molecule has 2 N–H and O–H groups in total. The van der Waals surface area contributed by atoms with E-state index in [4.69, 9.17) is 10.5 Å². The number of thiol groups is 1. The third kappa shape index (κ3) is 3.95. The number of carbonyl (C=O) groups is 2. The van der Waals surface area contributed by atoms with Crippen LogP contribution in [0.3, 0.4) is 0 Å². The number of ether oxygens (including phenoxy) is 1. The molecule has 0 saturated carbocycles. The van der Waals surface area contributed by atoms with Gasteiger partial charge in [0, 0.05) is 18.1 Å². The standard InChI is InChI=1S/C14H20N4O3S4/c1-13(2,3)21-10(20)14(6-24-12-17-16-11(22)25-12)4-18-8(19)7(15)9(18)23-5-14/h7,9H,4-6,15H2,1-3H3,(H,16,22)/t7?,9-,14?/m1/s1. The van der Waals surface area contributed by atoms with E-state index in [9.17, 15) is 9.59 Å². The zero-order valence-electron chi connectivity index (χ0n) is 14.1. The fraction of sp³-hybridized carbons (Fsp3) is 0.714. The van der Waals surface area contributed by atoms with Gasteiger partial charge in [-0.15, -0.1) is 34.6 Å². The molecule has 0 bridgehead atoms. The Morgan fingerprint density at radius 1 is 1.52 bits per heavy atom. The van der Waals surface area contributed by atoms with E-state index in [1.54, 1.807) is 16.7 Å². The van der Waals surface area contributed by atoms with Gasteiger partial charge in [0.15, 0.2) is 8.68 Å². The van der Waals surface area contributed by atoms with Gasteiger partial charge in [-0.3, -0.25) is 9.59 Å². The molecule has 1 amide bonds. The molecule has 3 rings (SSSR count). The maximum Gasteiger partial charge on any atom is 0.316 e. The molecule has 0 radical (unpaired) electrons. The lowest BCUT2D eigenvalue weighted by atomic mass is 9.89. The van der Waals surface area contributed by atoms with Gasteiger partial charge in [-0.2, -0.15) is 0 Å². The first-order valence-corrected chi connectivity index (χ1v) is 11.0. The number of nitrogens with zero attached hydrogens (tertiary/aromatic N) is 3. The molecule has 3 heterocycles. The van der Waals surface area contributed by atoms with E-state index in [0.29, 0.717) is 22.4 Å². The highest BCUT2D eigenvalue weighted by Gasteiger charge is 2.56. The van der Waals surface area contributed by atoms with Gasteiger partial charge < -0.3 is 15.4 Å². The number of hydrogen-bond donors (Lipinski definition) is 2. The highest BCUT2D eigenvalue weighted by molar-refractivity contribution is 8.01. The Labute approximate surface area is 164 Å². The summed E-state index contributed by atoms with van der Waals surface area (Å²) in [6, 6.07) is -0.468. The van der Waals surface area contributed by atoms with Crippen LogP contribution in [0.4, 0.5) is 0 Å². The first kappa shape index (κ1) is 19.3. The quantitative estimate of drug-likeness (QED) is 0.327. The topological polar surface area (TPSA) is 98.4 Å². The van der Waals surface area contributed by atoms with E-state index >= 15 is 0 Å². The average molecular weight is 421 g/mol. The zero-order chi connectivity index (χ0) is 18.4. The molecule has 1 aromatic heterocycles. The van der Waals surface area contributed by atoms with Crippen molar-refractivity contribution in [3.05, 3.63) is 0 Å². The average Bonchev–Trinajstić information content (AvgIpc) is 2.95. The second-order valence-electron chi connectivity index (χ2n) is 7.11. The van der Waals surface area contributed by atoms with Crippen molar-refractivity contribution in [3.63, 3.8) is 0 Å². The molecule has 3 atom stereocenters. The first-order chi connectivity index (χ1) is 11.6. The number of β-lactam (4-membered cyclic amide) rings is 1. The summed E-state index contributed by atoms with van der Waals surface area (Å²) < 4.78 is 6.98. The number of aromatic nitrogens is 2. The van der Waals surface area contributed by atoms with Crippen LogP contribution in [0.25, 0.3) is 0 Å². The lowest BCUT2D eigenvalue weighted by Crippen LogP contribution is -2.72. The number of amides is 1. The van der Waals surface area contributed by atoms with E-state index in [0.717, 1.165) is 4.34 Å². The normalized spacial score (nSPS) is 29.2. The van der Waals surface area contributed by atoms with Crippen molar-refractivity contribution in [2.75, 3.05) is 18.1 Å². The van der Waals surface area contributed by atoms with E-state index in [2.05, 4.69) is 22.8 Å². The van der Waals surface area contributed by atoms with Gasteiger partial charge in [0.2, 0.25) is 5.91 Å². The summed E-state index contributed by atoms with van der Waals surface area (Å²) in [5, 5.41) is 7.87. The summed E-state index contributed by atoms with van der Waals surface area (Å²) in [7, 11) is 0. The fourth-order valence-electron chi connectivity index (χ4n) is 2.65. The molecular weight excluding hydrogens is 400 g/mol. The molecule has 25 heavy (non-hydrogen) atoms. The van der Waals surface area contributed by atoms with Crippen molar-refractivity contribution in [1.82, 2.24) is 15.1 Å². The fourth-order valence-corrected chi connectivity index (χ4v) is 6.53. The van der Waals surface area contributed by atoms with Crippen molar-refractivity contribution >= 4 is 59.4 Å². The van der Waals surface area contributed by atoms with E-state index < -0.39 is 17.1 Å². The van der Waals surface area contributed by atoms with Gasteiger partial charge in [0.25, 0.3) is 0 Å². The van der Waals surface area contributed by atoms with E-state index in [1.807, 2.05) is 20.8 Å². The first-order valence-electron chi connectivity index (χ1n) is 7.68. The molecule has 2 saturated heterocycles. The van der Waals surface area contributed by atoms with Gasteiger partial charge in [-0.25, -0.2) is 0 Å². The molecule has 2 unspecified atom stereocenters. The summed E-state index contributed by atoms with van der Waals surface area (Å²) in [6.45, 7) is 5.85. The predicted octanol–water partition coefficient (Wildman–Crippen LogP) is 1.49. The molecule has 11 heteroatoms. The van der Waals surface area contributed by atoms with Crippen LogP contribution >= 0.6 is 47.5 Å². The van der Waals surface area contributed by atoms with Crippen LogP contribution in [0.15, 0.2) is 8.68 Å². The van der Waals surface area contributed by atoms with Crippen molar-refractivity contribution in [3.8, 4) is 0 Å². The Morgan fingerprint density at radius 3 is 2.84 bits per heavy atom. The van der Waals surface area contributed by atoms with Gasteiger partial charge in [0.05, 0.1) is 0 Å². The van der Waals surface area contributed by atoms with Crippen LogP contribution in [0.1, 0.15) is 20.8 Å². The van der Waals surface area contributed by atoms with E-state index in [1.165, 1.54) is 23.1 Å². The molecule has 7 nitrogen and oxygen atoms in total. The lowest BCUT2D eigenvalue weighted by molar-refractivity contribution is -0.169. The van der Waals surface area contributed by atoms with Crippen molar-refractivity contribution < 1.29 is 14.3 Å². The Hall–Kier alpha value is -0.490. The van der Waals surface area contributed by atoms with Gasteiger partial charge >= 0.3 is 5.97 Å². The van der Waals surface area contributed by atoms with Crippen LogP contribution in [0, 0.1) is 5.41 Å². The summed E-state index contributed by atoms with van der Waals surface area (Å²) in [5.41, 5.74) is 4.47. The Bertz CT molecular complexity index is 692. The van der Waals surface area contributed by atoms with E-state index in [-0.39, 0.29) is 17.3 Å². The number of thioether (sulfide) groups is 2. The van der Waals surface area contributed by atoms with Gasteiger partial charge in [0.1, 0.15) is 22.4 Å². The second kappa shape index (κ2) is 6.91. The predicted molar refractivity (Wildman–Crippen MR) is 102 cm³/mol. The third-order valence-electron chi connectivity index (χ3n) is 3.89. The van der Waals surface area contributed by atoms with Crippen LogP contribution in [-0.4, -0.2) is 62.0 Å². The summed E-state index contributed by atoms with van der Waals surface area (Å²) in [6.07, 6.45) is 0. The number of fused-ring (bicyclic) bond motifs is 1. The smallest absolute Gasteiger partial charge is 0.316 e. The summed E-state index contributed by atoms with van der Waals surface area (Å²) >= 11 is 8.52. The molecule has 0 spiro atoms. The number of nitrogens with two attached hydrogens (primary N) is 1. The van der Waals surface area contributed by atoms with Crippen LogP contribution in [0.2, 0.25) is 0 Å². The van der Waals surface area contributed by atoms with Crippen molar-refractivity contribution in [2.24, 2.45) is 11.1 Å². The lowest BCUT2D eigenvalue weighted by Gasteiger charge is -2.53. The number of esters is 1. The Kier molecular flexibility index (Phi) is 5.33. The Balaban J connectivity index is 1.78. The molecule has 0 aliphatic carbocycles. The van der Waals surface area contributed by atoms with Gasteiger partial charge in [-0.05, 0) is 20.8 Å². The maximum absolute atomic E-state index is 13.0. The van der Waals surface area contributed by atoms with Crippen molar-refractivity contribution in [2.45, 2.75) is 46.5 Å². The van der Waals surface area contributed by atoms with Crippen molar-refractivity contribution in [1.29, 1.82) is 0 Å². The summed E-state index contributed by atoms with van der Waals surface area (Å²) in [4.78, 5) is 26.7. The molecular formula is C14H20N4O3S4. The third-order valence-corrected chi connectivity index (χ3v) is 8.01. The minimum Gasteiger partial charge on any atom is -0.459 e. The number of hydrogen-bond acceptors (Lipinski definition) is 10. The van der Waals surface area contributed by atoms with Crippen LogP contribution in [-0.2, 0) is 14.3 Å². The number of rotatable bonds is 4. The molecule has 2 aliphatic heterocycles. The molecule has 2 fully saturated rings. The summed E-state index contributed by atoms with van der Waals surface area (Å²) in [5.74, 6) is 0.623. The molecule has 1 aromatic rings. The zero-order valence-corrected chi connectivity index (χ0v) is 17.4. The SMILES string of the molecule is CC(C)(C)OC(=O)C1(CSc2nnc(S)s2)CS[C@@H]2C(N)C(=O)N2C1. The molecule has 0 aromatic carbocycles. The van der Waals surface area contributed by atoms with Crippen LogP contribution in [0.5, 0.6) is 0 Å². The molecule has 138 valence electrons. The second-order valence-corrected chi connectivity index (χ2v) is 11.1. The largest absolute Gasteiger partial charge is 0.459 e. The molecule has 2 aliphatic rings. The minimum atomic E-state index is -0.794.